The summed E-state index contributed by atoms with van der Waals surface area (Å²) in [5, 5.41) is 7.06. The summed E-state index contributed by atoms with van der Waals surface area (Å²) in [4.78, 5) is 2.49. The van der Waals surface area contributed by atoms with Gasteiger partial charge in [0.15, 0.2) is 0 Å². The van der Waals surface area contributed by atoms with Gasteiger partial charge < -0.3 is 13.9 Å². The average molecular weight is 743 g/mol. The van der Waals surface area contributed by atoms with Crippen molar-refractivity contribution in [3.05, 3.63) is 205 Å². The van der Waals surface area contributed by atoms with E-state index in [1.807, 2.05) is 0 Å². The van der Waals surface area contributed by atoms with E-state index in [0.717, 1.165) is 50.3 Å². The molecule has 11 aromatic rings. The van der Waals surface area contributed by atoms with Crippen molar-refractivity contribution in [2.45, 2.75) is 19.3 Å². The first-order chi connectivity index (χ1) is 28.5. The average Bonchev–Trinajstić information content (AvgIpc) is 3.89. The van der Waals surface area contributed by atoms with Crippen molar-refractivity contribution >= 4 is 71.6 Å². The Morgan fingerprint density at radius 1 is 0.448 bits per heavy atom. The van der Waals surface area contributed by atoms with Gasteiger partial charge in [-0.15, -0.1) is 0 Å². The van der Waals surface area contributed by atoms with Gasteiger partial charge in [-0.25, -0.2) is 0 Å². The van der Waals surface area contributed by atoms with Crippen LogP contribution >= 0.6 is 0 Å². The summed E-state index contributed by atoms with van der Waals surface area (Å²) >= 11 is 0. The number of hydrogen-bond acceptors (Lipinski definition) is 2. The minimum atomic E-state index is -0.163. The van der Waals surface area contributed by atoms with Crippen LogP contribution in [0.25, 0.3) is 82.5 Å². The van der Waals surface area contributed by atoms with Gasteiger partial charge in [-0.3, -0.25) is 0 Å². The standard InChI is InChI=1S/C55H38N2O/c1-55(2)46-24-11-8-20-40(46)41-29-27-38(34-47(41)55)56(37-28-30-49-45(33-37)42-21-9-12-25-48(42)57(49)36-17-4-3-5-18-36)50-31-32-52-54(44-22-10-13-26-51(44)58-52)53(50)43-23-14-16-35-15-6-7-19-39(35)43/h3-34H,1-2H3. The topological polar surface area (TPSA) is 21.3 Å². The maximum atomic E-state index is 6.63. The lowest BCUT2D eigenvalue weighted by atomic mass is 9.82. The normalized spacial score (nSPS) is 13.1. The monoisotopic (exact) mass is 742 g/mol. The van der Waals surface area contributed by atoms with Gasteiger partial charge in [-0.1, -0.05) is 141 Å². The van der Waals surface area contributed by atoms with Crippen molar-refractivity contribution in [2.75, 3.05) is 4.90 Å². The molecule has 0 spiro atoms. The molecule has 1 aliphatic rings. The number of fused-ring (bicyclic) bond motifs is 10. The summed E-state index contributed by atoms with van der Waals surface area (Å²) in [6.07, 6.45) is 0. The fraction of sp³-hybridized carbons (Fsp3) is 0.0545. The molecule has 3 nitrogen and oxygen atoms in total. The highest BCUT2D eigenvalue weighted by molar-refractivity contribution is 6.19. The van der Waals surface area contributed by atoms with Gasteiger partial charge in [-0.2, -0.15) is 0 Å². The molecule has 0 fully saturated rings. The summed E-state index contributed by atoms with van der Waals surface area (Å²) in [6.45, 7) is 4.73. The van der Waals surface area contributed by atoms with E-state index in [1.54, 1.807) is 0 Å². The fourth-order valence-corrected chi connectivity index (χ4v) is 9.92. The summed E-state index contributed by atoms with van der Waals surface area (Å²) in [5.74, 6) is 0. The molecular formula is C55H38N2O. The van der Waals surface area contributed by atoms with Crippen LogP contribution in [0.3, 0.4) is 0 Å². The molecule has 0 N–H and O–H groups in total. The summed E-state index contributed by atoms with van der Waals surface area (Å²) in [5.41, 5.74) is 16.0. The minimum absolute atomic E-state index is 0.163. The van der Waals surface area contributed by atoms with E-state index in [9.17, 15) is 0 Å². The molecule has 2 heterocycles. The number of nitrogens with zero attached hydrogens (tertiary/aromatic N) is 2. The lowest BCUT2D eigenvalue weighted by molar-refractivity contribution is 0.660. The van der Waals surface area contributed by atoms with E-state index in [-0.39, 0.29) is 5.41 Å². The van der Waals surface area contributed by atoms with Gasteiger partial charge in [-0.05, 0) is 105 Å². The van der Waals surface area contributed by atoms with Crippen molar-refractivity contribution in [3.8, 4) is 27.9 Å². The van der Waals surface area contributed by atoms with E-state index in [2.05, 4.69) is 217 Å². The van der Waals surface area contributed by atoms with Crippen LogP contribution in [0, 0.1) is 0 Å². The van der Waals surface area contributed by atoms with Crippen LogP contribution in [0.5, 0.6) is 0 Å². The first-order valence-electron chi connectivity index (χ1n) is 20.1. The Kier molecular flexibility index (Phi) is 6.98. The Balaban J connectivity index is 1.20. The summed E-state index contributed by atoms with van der Waals surface area (Å²) < 4.78 is 9.01. The molecule has 3 heteroatoms. The third kappa shape index (κ3) is 4.68. The Bertz CT molecular complexity index is 3430. The maximum Gasteiger partial charge on any atom is 0.136 e. The van der Waals surface area contributed by atoms with E-state index in [4.69, 9.17) is 4.42 Å². The summed E-state index contributed by atoms with van der Waals surface area (Å²) in [7, 11) is 0. The molecule has 2 aromatic heterocycles. The highest BCUT2D eigenvalue weighted by Crippen LogP contribution is 2.53. The number of rotatable bonds is 5. The molecule has 1 aliphatic carbocycles. The Labute approximate surface area is 336 Å². The van der Waals surface area contributed by atoms with Gasteiger partial charge in [0, 0.05) is 49.6 Å². The van der Waals surface area contributed by atoms with Gasteiger partial charge >= 0.3 is 0 Å². The second-order valence-electron chi connectivity index (χ2n) is 16.1. The molecule has 0 bridgehead atoms. The molecule has 0 aliphatic heterocycles. The predicted molar refractivity (Wildman–Crippen MR) is 243 cm³/mol. The maximum absolute atomic E-state index is 6.63. The first kappa shape index (κ1) is 32.8. The molecule has 58 heavy (non-hydrogen) atoms. The van der Waals surface area contributed by atoms with Crippen LogP contribution in [-0.2, 0) is 5.41 Å². The second kappa shape index (κ2) is 12.3. The molecule has 9 aromatic carbocycles. The van der Waals surface area contributed by atoms with Crippen LogP contribution < -0.4 is 4.90 Å². The number of hydrogen-bond donors (Lipinski definition) is 0. The van der Waals surface area contributed by atoms with Gasteiger partial charge in [0.25, 0.3) is 0 Å². The van der Waals surface area contributed by atoms with Crippen molar-refractivity contribution in [2.24, 2.45) is 0 Å². The van der Waals surface area contributed by atoms with Crippen LogP contribution in [-0.4, -0.2) is 4.57 Å². The smallest absolute Gasteiger partial charge is 0.136 e. The lowest BCUT2D eigenvalue weighted by Crippen LogP contribution is -2.17. The zero-order valence-electron chi connectivity index (χ0n) is 32.3. The summed E-state index contributed by atoms with van der Waals surface area (Å²) in [6, 6.07) is 70.8. The van der Waals surface area contributed by atoms with E-state index in [0.29, 0.717) is 0 Å². The lowest BCUT2D eigenvalue weighted by Gasteiger charge is -2.30. The first-order valence-corrected chi connectivity index (χ1v) is 20.1. The molecule has 0 unspecified atom stereocenters. The van der Waals surface area contributed by atoms with Crippen molar-refractivity contribution in [3.63, 3.8) is 0 Å². The zero-order valence-corrected chi connectivity index (χ0v) is 32.3. The van der Waals surface area contributed by atoms with Crippen molar-refractivity contribution in [1.29, 1.82) is 0 Å². The highest BCUT2D eigenvalue weighted by Gasteiger charge is 2.36. The molecule has 0 saturated heterocycles. The predicted octanol–water partition coefficient (Wildman–Crippen LogP) is 15.3. The zero-order chi connectivity index (χ0) is 38.5. The Morgan fingerprint density at radius 2 is 1.10 bits per heavy atom. The van der Waals surface area contributed by atoms with Gasteiger partial charge in [0.05, 0.1) is 16.7 Å². The van der Waals surface area contributed by atoms with Gasteiger partial charge in [0.1, 0.15) is 11.2 Å². The quantitative estimate of drug-likeness (QED) is 0.175. The third-order valence-electron chi connectivity index (χ3n) is 12.6. The molecule has 0 saturated carbocycles. The number of aromatic nitrogens is 1. The van der Waals surface area contributed by atoms with E-state index in [1.165, 1.54) is 60.4 Å². The molecule has 12 rings (SSSR count). The third-order valence-corrected chi connectivity index (χ3v) is 12.6. The molecule has 0 atom stereocenters. The van der Waals surface area contributed by atoms with Gasteiger partial charge in [0.2, 0.25) is 0 Å². The minimum Gasteiger partial charge on any atom is -0.456 e. The van der Waals surface area contributed by atoms with Crippen LogP contribution in [0.1, 0.15) is 25.0 Å². The molecular weight excluding hydrogens is 705 g/mol. The van der Waals surface area contributed by atoms with Crippen LogP contribution in [0.15, 0.2) is 199 Å². The number of para-hydroxylation sites is 3. The SMILES string of the molecule is CC1(C)c2ccccc2-c2ccc(N(c3ccc4c(c3)c3ccccc3n4-c3ccccc3)c3ccc4oc5ccccc5c4c3-c3cccc4ccccc34)cc21. The highest BCUT2D eigenvalue weighted by atomic mass is 16.3. The van der Waals surface area contributed by atoms with E-state index < -0.39 is 0 Å². The number of benzene rings is 9. The number of furan rings is 1. The number of anilines is 3. The second-order valence-corrected chi connectivity index (χ2v) is 16.1. The van der Waals surface area contributed by atoms with Crippen LogP contribution in [0.4, 0.5) is 17.1 Å². The molecule has 274 valence electrons. The Morgan fingerprint density at radius 3 is 2.00 bits per heavy atom. The molecule has 0 radical (unpaired) electrons. The Hall–Kier alpha value is -7.36. The van der Waals surface area contributed by atoms with E-state index >= 15 is 0 Å². The fourth-order valence-electron chi connectivity index (χ4n) is 9.92. The van der Waals surface area contributed by atoms with Crippen molar-refractivity contribution in [1.82, 2.24) is 4.57 Å². The largest absolute Gasteiger partial charge is 0.456 e. The van der Waals surface area contributed by atoms with Crippen LogP contribution in [0.2, 0.25) is 0 Å². The van der Waals surface area contributed by atoms with Crippen molar-refractivity contribution < 1.29 is 4.42 Å². The molecule has 0 amide bonds.